The van der Waals surface area contributed by atoms with Gasteiger partial charge in [-0.3, -0.25) is 0 Å². The highest BCUT2D eigenvalue weighted by molar-refractivity contribution is 6.31. The predicted octanol–water partition coefficient (Wildman–Crippen LogP) is 4.24. The maximum atomic E-state index is 12.9. The lowest BCUT2D eigenvalue weighted by molar-refractivity contribution is 0.602. The van der Waals surface area contributed by atoms with Gasteiger partial charge >= 0.3 is 0 Å². The molecule has 1 aromatic carbocycles. The van der Waals surface area contributed by atoms with Gasteiger partial charge in [-0.1, -0.05) is 29.3 Å². The van der Waals surface area contributed by atoms with E-state index in [1.54, 1.807) is 6.07 Å². The molecule has 0 fully saturated rings. The third kappa shape index (κ3) is 3.82. The Kier molecular flexibility index (Phi) is 4.79. The highest BCUT2D eigenvalue weighted by atomic mass is 35.5. The van der Waals surface area contributed by atoms with E-state index in [1.165, 1.54) is 43.4 Å². The molecular weight excluding hydrogens is 249 g/mol. The van der Waals surface area contributed by atoms with Crippen LogP contribution in [0.3, 0.4) is 0 Å². The van der Waals surface area contributed by atoms with E-state index in [0.717, 1.165) is 12.0 Å². The van der Waals surface area contributed by atoms with Gasteiger partial charge in [-0.2, -0.15) is 0 Å². The Balaban J connectivity index is 1.94. The summed E-state index contributed by atoms with van der Waals surface area (Å²) in [5.74, 6) is -0.299. The van der Waals surface area contributed by atoms with E-state index in [1.807, 2.05) is 0 Å². The van der Waals surface area contributed by atoms with E-state index in [-0.39, 0.29) is 11.9 Å². The van der Waals surface area contributed by atoms with Gasteiger partial charge in [0.25, 0.3) is 0 Å². The van der Waals surface area contributed by atoms with Crippen LogP contribution in [0.5, 0.6) is 0 Å². The summed E-state index contributed by atoms with van der Waals surface area (Å²) in [4.78, 5) is 0. The predicted molar refractivity (Wildman–Crippen MR) is 74.3 cm³/mol. The van der Waals surface area contributed by atoms with E-state index >= 15 is 0 Å². The first-order valence-electron chi connectivity index (χ1n) is 6.52. The van der Waals surface area contributed by atoms with Crippen molar-refractivity contribution in [3.05, 3.63) is 46.3 Å². The Morgan fingerprint density at radius 1 is 1.28 bits per heavy atom. The van der Waals surface area contributed by atoms with Crippen molar-refractivity contribution < 1.29 is 4.39 Å². The summed E-state index contributed by atoms with van der Waals surface area (Å²) in [6.45, 7) is 0. The summed E-state index contributed by atoms with van der Waals surface area (Å²) in [6, 6.07) is 4.58. The molecular formula is C15H19ClFN. The van der Waals surface area contributed by atoms with Gasteiger partial charge in [0.05, 0.1) is 0 Å². The van der Waals surface area contributed by atoms with Gasteiger partial charge in [-0.15, -0.1) is 0 Å². The van der Waals surface area contributed by atoms with Crippen LogP contribution in [0.1, 0.15) is 37.7 Å². The first-order chi connectivity index (χ1) is 8.65. The van der Waals surface area contributed by atoms with Crippen LogP contribution in [0, 0.1) is 5.82 Å². The molecule has 0 aromatic heterocycles. The number of hydrogen-bond acceptors (Lipinski definition) is 1. The standard InChI is InChI=1S/C15H19ClFN/c16-15-10-13(17)7-6-12(15)9-14(18)8-11-4-2-1-3-5-11/h4,6-7,10,14H,1-3,5,8-9,18H2. The van der Waals surface area contributed by atoms with Gasteiger partial charge in [-0.05, 0) is 56.2 Å². The smallest absolute Gasteiger partial charge is 0.124 e. The molecule has 0 saturated carbocycles. The van der Waals surface area contributed by atoms with Crippen molar-refractivity contribution in [1.29, 1.82) is 0 Å². The lowest BCUT2D eigenvalue weighted by Gasteiger charge is -2.18. The largest absolute Gasteiger partial charge is 0.327 e. The number of nitrogens with two attached hydrogens (primary N) is 1. The molecule has 1 aliphatic carbocycles. The fourth-order valence-corrected chi connectivity index (χ4v) is 2.71. The summed E-state index contributed by atoms with van der Waals surface area (Å²) in [5, 5.41) is 0.475. The number of allylic oxidation sites excluding steroid dienone is 1. The second kappa shape index (κ2) is 6.35. The molecule has 1 aromatic rings. The zero-order valence-corrected chi connectivity index (χ0v) is 11.2. The van der Waals surface area contributed by atoms with E-state index in [4.69, 9.17) is 17.3 Å². The molecule has 1 aliphatic rings. The van der Waals surface area contributed by atoms with Crippen LogP contribution < -0.4 is 5.73 Å². The van der Waals surface area contributed by atoms with Crippen LogP contribution in [-0.2, 0) is 6.42 Å². The van der Waals surface area contributed by atoms with Gasteiger partial charge in [0.1, 0.15) is 5.82 Å². The van der Waals surface area contributed by atoms with E-state index < -0.39 is 0 Å². The van der Waals surface area contributed by atoms with E-state index in [2.05, 4.69) is 6.08 Å². The number of hydrogen-bond donors (Lipinski definition) is 1. The summed E-state index contributed by atoms with van der Waals surface area (Å²) >= 11 is 6.01. The van der Waals surface area contributed by atoms with Gasteiger partial charge in [0, 0.05) is 11.1 Å². The second-order valence-electron chi connectivity index (χ2n) is 5.01. The Labute approximate surface area is 113 Å². The first kappa shape index (κ1) is 13.6. The lowest BCUT2D eigenvalue weighted by atomic mass is 9.92. The van der Waals surface area contributed by atoms with Crippen molar-refractivity contribution in [1.82, 2.24) is 0 Å². The Morgan fingerprint density at radius 2 is 2.11 bits per heavy atom. The first-order valence-corrected chi connectivity index (χ1v) is 6.90. The Morgan fingerprint density at radius 3 is 2.78 bits per heavy atom. The summed E-state index contributed by atoms with van der Waals surface area (Å²) in [7, 11) is 0. The molecule has 1 unspecified atom stereocenters. The third-order valence-electron chi connectivity index (χ3n) is 3.41. The van der Waals surface area contributed by atoms with Crippen LogP contribution in [-0.4, -0.2) is 6.04 Å². The second-order valence-corrected chi connectivity index (χ2v) is 5.42. The monoisotopic (exact) mass is 267 g/mol. The number of halogens is 2. The molecule has 98 valence electrons. The zero-order chi connectivity index (χ0) is 13.0. The minimum Gasteiger partial charge on any atom is -0.327 e. The molecule has 0 spiro atoms. The van der Waals surface area contributed by atoms with Crippen molar-refractivity contribution in [3.63, 3.8) is 0 Å². The molecule has 18 heavy (non-hydrogen) atoms. The van der Waals surface area contributed by atoms with E-state index in [9.17, 15) is 4.39 Å². The van der Waals surface area contributed by atoms with Crippen LogP contribution in [0.15, 0.2) is 29.8 Å². The normalized spacial score (nSPS) is 17.4. The van der Waals surface area contributed by atoms with Crippen LogP contribution in [0.25, 0.3) is 0 Å². The summed E-state index contributed by atoms with van der Waals surface area (Å²) in [5.41, 5.74) is 8.55. The SMILES string of the molecule is NC(CC1=CCCCC1)Cc1ccc(F)cc1Cl. The van der Waals surface area contributed by atoms with Gasteiger partial charge in [0.15, 0.2) is 0 Å². The van der Waals surface area contributed by atoms with Crippen LogP contribution in [0.4, 0.5) is 4.39 Å². The molecule has 1 nitrogen and oxygen atoms in total. The molecule has 0 bridgehead atoms. The zero-order valence-electron chi connectivity index (χ0n) is 10.5. The maximum absolute atomic E-state index is 12.9. The summed E-state index contributed by atoms with van der Waals surface area (Å²) < 4.78 is 12.9. The number of benzene rings is 1. The topological polar surface area (TPSA) is 26.0 Å². The molecule has 0 radical (unpaired) electrons. The van der Waals surface area contributed by atoms with Crippen LogP contribution in [0.2, 0.25) is 5.02 Å². The quantitative estimate of drug-likeness (QED) is 0.812. The third-order valence-corrected chi connectivity index (χ3v) is 3.76. The molecule has 0 amide bonds. The Bertz CT molecular complexity index is 442. The van der Waals surface area contributed by atoms with Crippen molar-refractivity contribution in [2.24, 2.45) is 5.73 Å². The fraction of sp³-hybridized carbons (Fsp3) is 0.467. The van der Waals surface area contributed by atoms with Gasteiger partial charge < -0.3 is 5.73 Å². The van der Waals surface area contributed by atoms with Crippen LogP contribution >= 0.6 is 11.6 Å². The average Bonchev–Trinajstić information content (AvgIpc) is 2.34. The minimum absolute atomic E-state index is 0.0670. The maximum Gasteiger partial charge on any atom is 0.124 e. The average molecular weight is 268 g/mol. The van der Waals surface area contributed by atoms with Crippen molar-refractivity contribution in [3.8, 4) is 0 Å². The molecule has 1 atom stereocenters. The highest BCUT2D eigenvalue weighted by Crippen LogP contribution is 2.24. The minimum atomic E-state index is -0.299. The van der Waals surface area contributed by atoms with Crippen molar-refractivity contribution in [2.75, 3.05) is 0 Å². The molecule has 3 heteroatoms. The molecule has 0 heterocycles. The van der Waals surface area contributed by atoms with Gasteiger partial charge in [0.2, 0.25) is 0 Å². The number of rotatable bonds is 4. The summed E-state index contributed by atoms with van der Waals surface area (Å²) in [6.07, 6.45) is 8.86. The molecule has 2 N–H and O–H groups in total. The Hall–Kier alpha value is -0.860. The molecule has 0 saturated heterocycles. The molecule has 0 aliphatic heterocycles. The fourth-order valence-electron chi connectivity index (χ4n) is 2.47. The highest BCUT2D eigenvalue weighted by Gasteiger charge is 2.11. The van der Waals surface area contributed by atoms with Crippen molar-refractivity contribution >= 4 is 11.6 Å². The lowest BCUT2D eigenvalue weighted by Crippen LogP contribution is -2.24. The van der Waals surface area contributed by atoms with E-state index in [0.29, 0.717) is 11.4 Å². The van der Waals surface area contributed by atoms with Gasteiger partial charge in [-0.25, -0.2) is 4.39 Å². The van der Waals surface area contributed by atoms with Crippen molar-refractivity contribution in [2.45, 2.75) is 44.6 Å². The molecule has 2 rings (SSSR count).